The second kappa shape index (κ2) is 17.1. The fourth-order valence-electron chi connectivity index (χ4n) is 7.39. The van der Waals surface area contributed by atoms with Crippen molar-refractivity contribution in [1.29, 1.82) is 0 Å². The van der Waals surface area contributed by atoms with Crippen molar-refractivity contribution >= 4 is 0 Å². The standard InChI is InChI=1S/C32H53N5O16/c1-44-10-3-4-14(45-2)11(5-10)29-46-9-17-27(51-29)23(42)19(37)31(49-17)50-25-13(35)6-12(34)20(39)28(25)53-32-24(43)26(16(8-38)48-32)52-30-18(36)22(41)21(40)15(7-33)47-30/h3-5,12-13,15-32,38-43H,6-9,33-37H2,1-2H3/t12-,13+,15?,16-,17-,18-,19-,20+,21-,22-,23-,24-,25+,26-,27-,28-,29?,30-,31-,32+/m1/s1. The van der Waals surface area contributed by atoms with E-state index in [9.17, 15) is 30.6 Å². The molecule has 0 bridgehead atoms. The van der Waals surface area contributed by atoms with E-state index in [-0.39, 0.29) is 19.6 Å². The summed E-state index contributed by atoms with van der Waals surface area (Å²) in [6, 6.07) is 0.936. The van der Waals surface area contributed by atoms with E-state index in [4.69, 9.17) is 76.0 Å². The molecule has 5 fully saturated rings. The van der Waals surface area contributed by atoms with E-state index in [0.717, 1.165) is 0 Å². The van der Waals surface area contributed by atoms with Crippen LogP contribution in [0.25, 0.3) is 0 Å². The molecule has 20 atom stereocenters. The molecule has 2 unspecified atom stereocenters. The van der Waals surface area contributed by atoms with Gasteiger partial charge in [-0.15, -0.1) is 0 Å². The molecular formula is C32H53N5O16. The highest BCUT2D eigenvalue weighted by molar-refractivity contribution is 5.41. The fourth-order valence-corrected chi connectivity index (χ4v) is 7.39. The number of aliphatic hydroxyl groups is 6. The highest BCUT2D eigenvalue weighted by Crippen LogP contribution is 2.40. The van der Waals surface area contributed by atoms with Gasteiger partial charge in [0.15, 0.2) is 25.2 Å². The molecule has 0 spiro atoms. The maximum Gasteiger partial charge on any atom is 0.188 e. The molecule has 0 amide bonds. The van der Waals surface area contributed by atoms with Crippen LogP contribution in [0, 0.1) is 0 Å². The number of aliphatic hydroxyl groups excluding tert-OH is 6. The first kappa shape index (κ1) is 40.7. The summed E-state index contributed by atoms with van der Waals surface area (Å²) in [5, 5.41) is 64.6. The summed E-state index contributed by atoms with van der Waals surface area (Å²) in [6.07, 6.45) is -20.1. The van der Waals surface area contributed by atoms with Crippen LogP contribution in [0.2, 0.25) is 0 Å². The van der Waals surface area contributed by atoms with Crippen molar-refractivity contribution in [2.45, 2.75) is 129 Å². The molecule has 21 heteroatoms. The number of fused-ring (bicyclic) bond motifs is 1. The molecule has 6 rings (SSSR count). The monoisotopic (exact) mass is 763 g/mol. The Hall–Kier alpha value is -1.94. The highest BCUT2D eigenvalue weighted by atomic mass is 16.8. The number of benzene rings is 1. The van der Waals surface area contributed by atoms with E-state index >= 15 is 0 Å². The first-order valence-corrected chi connectivity index (χ1v) is 17.5. The van der Waals surface area contributed by atoms with E-state index < -0.39 is 129 Å². The molecule has 16 N–H and O–H groups in total. The van der Waals surface area contributed by atoms with Crippen molar-refractivity contribution in [3.05, 3.63) is 23.8 Å². The van der Waals surface area contributed by atoms with Crippen LogP contribution >= 0.6 is 0 Å². The average Bonchev–Trinajstić information content (AvgIpc) is 3.46. The van der Waals surface area contributed by atoms with Crippen LogP contribution in [0.15, 0.2) is 18.2 Å². The molecule has 0 radical (unpaired) electrons. The van der Waals surface area contributed by atoms with Crippen LogP contribution in [-0.2, 0) is 37.9 Å². The first-order valence-electron chi connectivity index (χ1n) is 17.5. The Morgan fingerprint density at radius 3 is 2.04 bits per heavy atom. The largest absolute Gasteiger partial charge is 0.497 e. The molecule has 0 aromatic heterocycles. The van der Waals surface area contributed by atoms with Crippen LogP contribution in [0.1, 0.15) is 18.3 Å². The minimum atomic E-state index is -1.62. The summed E-state index contributed by atoms with van der Waals surface area (Å²) in [7, 11) is 3.02. The van der Waals surface area contributed by atoms with E-state index in [1.165, 1.54) is 14.2 Å². The number of methoxy groups -OCH3 is 2. The van der Waals surface area contributed by atoms with E-state index in [0.29, 0.717) is 17.1 Å². The third kappa shape index (κ3) is 8.02. The number of nitrogens with two attached hydrogens (primary N) is 5. The molecule has 1 aliphatic carbocycles. The Kier molecular flexibility index (Phi) is 13.1. The van der Waals surface area contributed by atoms with Gasteiger partial charge in [0.1, 0.15) is 78.6 Å². The lowest BCUT2D eigenvalue weighted by atomic mass is 9.84. The van der Waals surface area contributed by atoms with Gasteiger partial charge in [-0.3, -0.25) is 0 Å². The number of hydrogen-bond donors (Lipinski definition) is 11. The number of ether oxygens (including phenoxy) is 10. The summed E-state index contributed by atoms with van der Waals surface area (Å²) in [5.74, 6) is 1.02. The maximum atomic E-state index is 11.4. The van der Waals surface area contributed by atoms with Crippen LogP contribution in [0.5, 0.6) is 11.5 Å². The van der Waals surface area contributed by atoms with E-state index in [1.807, 2.05) is 0 Å². The van der Waals surface area contributed by atoms with Crippen molar-refractivity contribution < 1.29 is 78.0 Å². The Labute approximate surface area is 304 Å². The summed E-state index contributed by atoms with van der Waals surface area (Å²) >= 11 is 0. The fraction of sp³-hybridized carbons (Fsp3) is 0.812. The zero-order valence-electron chi connectivity index (χ0n) is 29.3. The summed E-state index contributed by atoms with van der Waals surface area (Å²) in [6.45, 7) is -0.856. The predicted octanol–water partition coefficient (Wildman–Crippen LogP) is -6.08. The summed E-state index contributed by atoms with van der Waals surface area (Å²) < 4.78 is 58.7. The van der Waals surface area contributed by atoms with Crippen molar-refractivity contribution in [2.24, 2.45) is 28.7 Å². The Morgan fingerprint density at radius 1 is 0.698 bits per heavy atom. The van der Waals surface area contributed by atoms with Gasteiger partial charge in [0, 0.05) is 18.6 Å². The molecule has 302 valence electrons. The molecule has 1 saturated carbocycles. The smallest absolute Gasteiger partial charge is 0.188 e. The molecule has 4 saturated heterocycles. The van der Waals surface area contributed by atoms with Crippen LogP contribution in [0.4, 0.5) is 0 Å². The third-order valence-corrected chi connectivity index (χ3v) is 10.5. The van der Waals surface area contributed by atoms with Crippen LogP contribution in [0.3, 0.4) is 0 Å². The van der Waals surface area contributed by atoms with Crippen LogP contribution < -0.4 is 38.1 Å². The van der Waals surface area contributed by atoms with Gasteiger partial charge in [-0.25, -0.2) is 0 Å². The zero-order chi connectivity index (χ0) is 38.3. The average molecular weight is 764 g/mol. The number of hydrogen-bond acceptors (Lipinski definition) is 21. The second-order valence-electron chi connectivity index (χ2n) is 13.9. The van der Waals surface area contributed by atoms with Crippen molar-refractivity contribution in [1.82, 2.24) is 0 Å². The molecule has 5 aliphatic rings. The van der Waals surface area contributed by atoms with Crippen molar-refractivity contribution in [3.63, 3.8) is 0 Å². The zero-order valence-corrected chi connectivity index (χ0v) is 29.3. The lowest BCUT2D eigenvalue weighted by molar-refractivity contribution is -0.356. The SMILES string of the molecule is COc1ccc(OC)c(C2OC[C@H]3O[C@H](O[C@@H]4[C@H](O[C@@H]5O[C@H](CO)[C@@H](O[C@H]6OC(CN)[C@@H](O)[C@H](O)[C@H]6N)[C@H]5O)[C@@H](O)[C@H](N)C[C@@H]4N)[C@H](N)[C@@H](O)[C@@H]3O2)c1. The first-order chi connectivity index (χ1) is 25.3. The molecule has 1 aromatic carbocycles. The highest BCUT2D eigenvalue weighted by Gasteiger charge is 2.55. The Balaban J connectivity index is 1.14. The van der Waals surface area contributed by atoms with Crippen molar-refractivity contribution in [3.8, 4) is 11.5 Å². The van der Waals surface area contributed by atoms with Gasteiger partial charge >= 0.3 is 0 Å². The van der Waals surface area contributed by atoms with Gasteiger partial charge in [0.2, 0.25) is 0 Å². The minimum absolute atomic E-state index is 0.0358. The lowest BCUT2D eigenvalue weighted by Crippen LogP contribution is -2.69. The molecule has 53 heavy (non-hydrogen) atoms. The second-order valence-corrected chi connectivity index (χ2v) is 13.9. The van der Waals surface area contributed by atoms with Crippen molar-refractivity contribution in [2.75, 3.05) is 34.0 Å². The Morgan fingerprint density at radius 2 is 1.36 bits per heavy atom. The Bertz CT molecular complexity index is 1350. The molecule has 4 aliphatic heterocycles. The molecular weight excluding hydrogens is 710 g/mol. The maximum absolute atomic E-state index is 11.4. The van der Waals surface area contributed by atoms with Gasteiger partial charge < -0.3 is 107 Å². The molecule has 4 heterocycles. The van der Waals surface area contributed by atoms with Gasteiger partial charge in [-0.1, -0.05) is 0 Å². The normalized spacial score (nSPS) is 47.6. The molecule has 21 nitrogen and oxygen atoms in total. The van der Waals surface area contributed by atoms with E-state index in [2.05, 4.69) is 0 Å². The summed E-state index contributed by atoms with van der Waals surface area (Å²) in [4.78, 5) is 0. The predicted molar refractivity (Wildman–Crippen MR) is 176 cm³/mol. The van der Waals surface area contributed by atoms with Gasteiger partial charge in [0.25, 0.3) is 0 Å². The van der Waals surface area contributed by atoms with Gasteiger partial charge in [-0.2, -0.15) is 0 Å². The minimum Gasteiger partial charge on any atom is -0.497 e. The lowest BCUT2D eigenvalue weighted by Gasteiger charge is -2.49. The quantitative estimate of drug-likeness (QED) is 0.0999. The number of rotatable bonds is 11. The third-order valence-electron chi connectivity index (χ3n) is 10.5. The van der Waals surface area contributed by atoms with Crippen LogP contribution in [-0.4, -0.2) is 181 Å². The summed E-state index contributed by atoms with van der Waals surface area (Å²) in [5.41, 5.74) is 31.4. The molecule has 1 aromatic rings. The van der Waals surface area contributed by atoms with E-state index in [1.54, 1.807) is 18.2 Å². The van der Waals surface area contributed by atoms with Gasteiger partial charge in [0.05, 0.1) is 51.2 Å². The topological polar surface area (TPSA) is 344 Å². The van der Waals surface area contributed by atoms with Gasteiger partial charge in [-0.05, 0) is 24.6 Å².